The molecule has 0 amide bonds. The molecule has 2 heterocycles. The lowest BCUT2D eigenvalue weighted by molar-refractivity contribution is 0.415. The predicted molar refractivity (Wildman–Crippen MR) is 130 cm³/mol. The van der Waals surface area contributed by atoms with Crippen molar-refractivity contribution < 1.29 is 4.74 Å². The largest absolute Gasteiger partial charge is 0.497 e. The maximum atomic E-state index is 13.1. The van der Waals surface area contributed by atoms with Gasteiger partial charge in [-0.05, 0) is 42.2 Å². The van der Waals surface area contributed by atoms with Gasteiger partial charge in [0.05, 0.1) is 18.8 Å². The Hall–Kier alpha value is -3.87. The molecule has 0 aliphatic heterocycles. The van der Waals surface area contributed by atoms with Crippen molar-refractivity contribution >= 4 is 34.2 Å². The number of aromatic amines is 2. The van der Waals surface area contributed by atoms with Gasteiger partial charge < -0.3 is 14.7 Å². The number of ether oxygens (including phenoxy) is 1. The number of aromatic nitrogens is 3. The zero-order chi connectivity index (χ0) is 22.5. The van der Waals surface area contributed by atoms with Crippen LogP contribution in [0.1, 0.15) is 38.2 Å². The summed E-state index contributed by atoms with van der Waals surface area (Å²) < 4.78 is 6.13. The van der Waals surface area contributed by atoms with E-state index in [1.54, 1.807) is 25.5 Å². The van der Waals surface area contributed by atoms with Gasteiger partial charge in [-0.15, -0.1) is 4.68 Å². The van der Waals surface area contributed by atoms with Gasteiger partial charge in [0.25, 0.3) is 0 Å². The molecule has 7 heteroatoms. The molecular weight excluding hydrogens is 404 g/mol. The lowest BCUT2D eigenvalue weighted by Gasteiger charge is -2.03. The molecule has 0 bridgehead atoms. The topological polar surface area (TPSA) is 92.2 Å². The molecule has 0 saturated heterocycles. The molecule has 4 aromatic rings. The predicted octanol–water partition coefficient (Wildman–Crippen LogP) is 4.68. The van der Waals surface area contributed by atoms with Gasteiger partial charge in [-0.1, -0.05) is 56.2 Å². The van der Waals surface area contributed by atoms with E-state index in [-0.39, 0.29) is 0 Å². The minimum absolute atomic E-state index is 0.296. The summed E-state index contributed by atoms with van der Waals surface area (Å²) in [4.78, 5) is 31.6. The normalized spacial score (nSPS) is 12.2. The summed E-state index contributed by atoms with van der Waals surface area (Å²) in [5.74, 6) is 0.643. The summed E-state index contributed by atoms with van der Waals surface area (Å²) in [5.41, 5.74) is 2.40. The number of unbranched alkanes of at least 4 members (excludes halogenated alkanes) is 2. The molecule has 0 aliphatic carbocycles. The average molecular weight is 431 g/mol. The van der Waals surface area contributed by atoms with Crippen LogP contribution in [0.25, 0.3) is 28.0 Å². The first kappa shape index (κ1) is 21.4. The number of hydrogen-bond donors (Lipinski definition) is 2. The summed E-state index contributed by atoms with van der Waals surface area (Å²) in [6.07, 6.45) is 7.67. The van der Waals surface area contributed by atoms with Crippen molar-refractivity contribution in [2.75, 3.05) is 7.11 Å². The van der Waals surface area contributed by atoms with E-state index in [0.29, 0.717) is 22.2 Å². The SMILES string of the molecule is CCCCCC(=C/c1ccccc1)/C=N/n1c(=O)[nH]c2c([nH]c3ccc(OC)cc32)c1=O. The van der Waals surface area contributed by atoms with Crippen molar-refractivity contribution in [1.29, 1.82) is 0 Å². The number of methoxy groups -OCH3 is 1. The summed E-state index contributed by atoms with van der Waals surface area (Å²) in [6, 6.07) is 15.3. The van der Waals surface area contributed by atoms with E-state index in [0.717, 1.165) is 47.0 Å². The van der Waals surface area contributed by atoms with E-state index >= 15 is 0 Å². The first-order valence-electron chi connectivity index (χ1n) is 10.8. The Bertz CT molecular complexity index is 1410. The van der Waals surface area contributed by atoms with Gasteiger partial charge in [-0.3, -0.25) is 4.79 Å². The molecule has 32 heavy (non-hydrogen) atoms. The van der Waals surface area contributed by atoms with Crippen LogP contribution in [-0.2, 0) is 0 Å². The number of benzene rings is 2. The van der Waals surface area contributed by atoms with Crippen LogP contribution in [-0.4, -0.2) is 28.0 Å². The summed E-state index contributed by atoms with van der Waals surface area (Å²) in [5, 5.41) is 4.97. The van der Waals surface area contributed by atoms with Gasteiger partial charge in [0, 0.05) is 10.9 Å². The van der Waals surface area contributed by atoms with Gasteiger partial charge >= 0.3 is 11.2 Å². The Morgan fingerprint density at radius 3 is 2.62 bits per heavy atom. The first-order valence-corrected chi connectivity index (χ1v) is 10.8. The van der Waals surface area contributed by atoms with Gasteiger partial charge in [0.2, 0.25) is 0 Å². The second-order valence-corrected chi connectivity index (χ2v) is 7.67. The molecule has 0 aliphatic rings. The number of nitrogens with one attached hydrogen (secondary N) is 2. The standard InChI is InChI=1S/C25H26N4O3/c1-3-4-6-11-18(14-17-9-7-5-8-10-17)16-26-29-24(30)23-22(28-25(29)31)20-15-19(32-2)12-13-21(20)27-23/h5,7-10,12-16,27H,3-4,6,11H2,1-2H3,(H,28,31)/b18-14-,26-16+. The highest BCUT2D eigenvalue weighted by Crippen LogP contribution is 2.25. The molecule has 7 nitrogen and oxygen atoms in total. The quantitative estimate of drug-likeness (QED) is 0.314. The van der Waals surface area contributed by atoms with Crippen molar-refractivity contribution in [3.05, 3.63) is 80.5 Å². The van der Waals surface area contributed by atoms with Crippen LogP contribution < -0.4 is 16.0 Å². The highest BCUT2D eigenvalue weighted by Gasteiger charge is 2.13. The van der Waals surface area contributed by atoms with Crippen molar-refractivity contribution in [3.63, 3.8) is 0 Å². The maximum absolute atomic E-state index is 13.1. The van der Waals surface area contributed by atoms with Gasteiger partial charge in [-0.25, -0.2) is 4.79 Å². The van der Waals surface area contributed by atoms with Crippen LogP contribution in [0.3, 0.4) is 0 Å². The van der Waals surface area contributed by atoms with Gasteiger partial charge in [-0.2, -0.15) is 5.10 Å². The van der Waals surface area contributed by atoms with Gasteiger partial charge in [0.1, 0.15) is 11.3 Å². The van der Waals surface area contributed by atoms with Crippen LogP contribution >= 0.6 is 0 Å². The molecule has 0 atom stereocenters. The lowest BCUT2D eigenvalue weighted by atomic mass is 10.1. The van der Waals surface area contributed by atoms with E-state index in [1.807, 2.05) is 42.5 Å². The number of rotatable bonds is 8. The number of allylic oxidation sites excluding steroid dienone is 1. The minimum atomic E-state index is -0.588. The second-order valence-electron chi connectivity index (χ2n) is 7.67. The fourth-order valence-electron chi connectivity index (χ4n) is 3.70. The Morgan fingerprint density at radius 2 is 1.88 bits per heavy atom. The van der Waals surface area contributed by atoms with Gasteiger partial charge in [0.15, 0.2) is 0 Å². The van der Waals surface area contributed by atoms with Crippen LogP contribution in [0.5, 0.6) is 5.75 Å². The highest BCUT2D eigenvalue weighted by atomic mass is 16.5. The second kappa shape index (κ2) is 9.51. The Kier molecular flexibility index (Phi) is 6.35. The summed E-state index contributed by atoms with van der Waals surface area (Å²) in [6.45, 7) is 2.15. The number of nitrogens with zero attached hydrogens (tertiary/aromatic N) is 2. The molecule has 2 aromatic heterocycles. The molecule has 4 rings (SSSR count). The average Bonchev–Trinajstić information content (AvgIpc) is 3.17. The van der Waals surface area contributed by atoms with E-state index < -0.39 is 11.2 Å². The summed E-state index contributed by atoms with van der Waals surface area (Å²) >= 11 is 0. The molecule has 2 aromatic carbocycles. The Labute approximate surface area is 185 Å². The molecular formula is C25H26N4O3. The third kappa shape index (κ3) is 4.42. The van der Waals surface area contributed by atoms with Crippen molar-refractivity contribution in [3.8, 4) is 5.75 Å². The lowest BCUT2D eigenvalue weighted by Crippen LogP contribution is -2.32. The van der Waals surface area contributed by atoms with Crippen LogP contribution in [0.4, 0.5) is 0 Å². The number of fused-ring (bicyclic) bond motifs is 3. The highest BCUT2D eigenvalue weighted by molar-refractivity contribution is 6.04. The third-order valence-corrected chi connectivity index (χ3v) is 5.40. The molecule has 0 unspecified atom stereocenters. The van der Waals surface area contributed by atoms with Crippen molar-refractivity contribution in [1.82, 2.24) is 14.6 Å². The van der Waals surface area contributed by atoms with E-state index in [2.05, 4.69) is 22.0 Å². The summed E-state index contributed by atoms with van der Waals surface area (Å²) in [7, 11) is 1.57. The fourth-order valence-corrected chi connectivity index (χ4v) is 3.70. The molecule has 0 saturated carbocycles. The van der Waals surface area contributed by atoms with E-state index in [9.17, 15) is 9.59 Å². The van der Waals surface area contributed by atoms with E-state index in [4.69, 9.17) is 4.74 Å². The molecule has 164 valence electrons. The van der Waals surface area contributed by atoms with Crippen molar-refractivity contribution in [2.45, 2.75) is 32.6 Å². The van der Waals surface area contributed by atoms with Crippen LogP contribution in [0, 0.1) is 0 Å². The fraction of sp³-hybridized carbons (Fsp3) is 0.240. The van der Waals surface area contributed by atoms with Crippen LogP contribution in [0.2, 0.25) is 0 Å². The van der Waals surface area contributed by atoms with Crippen LogP contribution in [0.15, 0.2) is 68.8 Å². The zero-order valence-electron chi connectivity index (χ0n) is 18.2. The Balaban J connectivity index is 1.75. The first-order chi connectivity index (χ1) is 15.6. The Morgan fingerprint density at radius 1 is 1.06 bits per heavy atom. The molecule has 2 N–H and O–H groups in total. The number of H-pyrrole nitrogens is 2. The number of hydrogen-bond acceptors (Lipinski definition) is 4. The minimum Gasteiger partial charge on any atom is -0.497 e. The zero-order valence-corrected chi connectivity index (χ0v) is 18.2. The monoisotopic (exact) mass is 430 g/mol. The molecule has 0 fully saturated rings. The molecule has 0 spiro atoms. The molecule has 0 radical (unpaired) electrons. The smallest absolute Gasteiger partial charge is 0.350 e. The van der Waals surface area contributed by atoms with E-state index in [1.165, 1.54) is 0 Å². The third-order valence-electron chi connectivity index (χ3n) is 5.40. The van der Waals surface area contributed by atoms with Crippen molar-refractivity contribution in [2.24, 2.45) is 5.10 Å². The maximum Gasteiger partial charge on any atom is 0.350 e.